The van der Waals surface area contributed by atoms with Crippen LogP contribution in [0.1, 0.15) is 42.5 Å². The summed E-state index contributed by atoms with van der Waals surface area (Å²) in [4.78, 5) is 23.8. The number of thioether (sulfide) groups is 1. The zero-order valence-electron chi connectivity index (χ0n) is 14.4. The molecule has 0 aliphatic heterocycles. The van der Waals surface area contributed by atoms with Crippen LogP contribution in [0.15, 0.2) is 4.34 Å². The van der Waals surface area contributed by atoms with Crippen LogP contribution in [0.4, 0.5) is 5.13 Å². The summed E-state index contributed by atoms with van der Waals surface area (Å²) in [5.41, 5.74) is 1.91. The SMILES string of the molecule is CC(=O)c1c(C)nn(CC(=O)Nc2nnc(SCC(C)C)s2)c1C. The van der Waals surface area contributed by atoms with Gasteiger partial charge in [0.05, 0.1) is 11.3 Å². The number of anilines is 1. The maximum absolute atomic E-state index is 12.2. The smallest absolute Gasteiger partial charge is 0.247 e. The molecule has 7 nitrogen and oxygen atoms in total. The van der Waals surface area contributed by atoms with Crippen molar-refractivity contribution in [1.29, 1.82) is 0 Å². The third kappa shape index (κ3) is 4.64. The third-order valence-corrected chi connectivity index (χ3v) is 5.62. The number of hydrogen-bond donors (Lipinski definition) is 1. The Labute approximate surface area is 149 Å². The fraction of sp³-hybridized carbons (Fsp3) is 0.533. The Balaban J connectivity index is 1.99. The highest BCUT2D eigenvalue weighted by Crippen LogP contribution is 2.26. The van der Waals surface area contributed by atoms with Crippen molar-refractivity contribution >= 4 is 39.9 Å². The first-order valence-electron chi connectivity index (χ1n) is 7.59. The molecule has 130 valence electrons. The summed E-state index contributed by atoms with van der Waals surface area (Å²) in [5.74, 6) is 1.24. The summed E-state index contributed by atoms with van der Waals surface area (Å²) in [5, 5.41) is 15.5. The predicted octanol–water partition coefficient (Wildman–Crippen LogP) is 2.94. The molecule has 0 atom stereocenters. The van der Waals surface area contributed by atoms with E-state index in [1.54, 1.807) is 25.6 Å². The average Bonchev–Trinajstić information content (AvgIpc) is 3.01. The quantitative estimate of drug-likeness (QED) is 0.460. The molecule has 24 heavy (non-hydrogen) atoms. The first kappa shape index (κ1) is 18.6. The van der Waals surface area contributed by atoms with Gasteiger partial charge in [-0.1, -0.05) is 36.9 Å². The summed E-state index contributed by atoms with van der Waals surface area (Å²) in [7, 11) is 0. The number of nitrogens with one attached hydrogen (secondary N) is 1. The van der Waals surface area contributed by atoms with Crippen LogP contribution >= 0.6 is 23.1 Å². The number of carbonyl (C=O) groups is 2. The minimum absolute atomic E-state index is 0.0357. The Morgan fingerprint density at radius 3 is 2.58 bits per heavy atom. The molecule has 2 heterocycles. The molecule has 9 heteroatoms. The van der Waals surface area contributed by atoms with Gasteiger partial charge >= 0.3 is 0 Å². The lowest BCUT2D eigenvalue weighted by molar-refractivity contribution is -0.116. The van der Waals surface area contributed by atoms with Crippen LogP contribution in [0.5, 0.6) is 0 Å². The van der Waals surface area contributed by atoms with E-state index >= 15 is 0 Å². The van der Waals surface area contributed by atoms with Crippen molar-refractivity contribution < 1.29 is 9.59 Å². The topological polar surface area (TPSA) is 89.8 Å². The molecule has 0 aliphatic carbocycles. The molecule has 1 N–H and O–H groups in total. The summed E-state index contributed by atoms with van der Waals surface area (Å²) >= 11 is 2.99. The lowest BCUT2D eigenvalue weighted by atomic mass is 10.1. The summed E-state index contributed by atoms with van der Waals surface area (Å²) in [6.07, 6.45) is 0. The van der Waals surface area contributed by atoms with Gasteiger partial charge in [-0.3, -0.25) is 19.6 Å². The van der Waals surface area contributed by atoms with E-state index in [0.29, 0.717) is 28.0 Å². The molecule has 0 spiro atoms. The van der Waals surface area contributed by atoms with Crippen LogP contribution in [0.3, 0.4) is 0 Å². The highest BCUT2D eigenvalue weighted by molar-refractivity contribution is 8.01. The van der Waals surface area contributed by atoms with E-state index in [9.17, 15) is 9.59 Å². The molecule has 0 aromatic carbocycles. The van der Waals surface area contributed by atoms with E-state index in [-0.39, 0.29) is 18.2 Å². The number of amides is 1. The number of rotatable bonds is 7. The molecule has 0 fully saturated rings. The van der Waals surface area contributed by atoms with Gasteiger partial charge in [-0.15, -0.1) is 10.2 Å². The van der Waals surface area contributed by atoms with E-state index in [1.165, 1.54) is 22.9 Å². The highest BCUT2D eigenvalue weighted by Gasteiger charge is 2.17. The second-order valence-corrected chi connectivity index (χ2v) is 8.13. The largest absolute Gasteiger partial charge is 0.299 e. The molecular formula is C15H21N5O2S2. The second-order valence-electron chi connectivity index (χ2n) is 5.89. The standard InChI is InChI=1S/C15H21N5O2S2/c1-8(2)7-23-15-18-17-14(24-15)16-12(22)6-20-10(4)13(11(5)21)9(3)19-20/h8H,6-7H2,1-5H3,(H,16,17,22). The van der Waals surface area contributed by atoms with Crippen molar-refractivity contribution in [3.8, 4) is 0 Å². The molecular weight excluding hydrogens is 346 g/mol. The fourth-order valence-electron chi connectivity index (χ4n) is 2.21. The number of aromatic nitrogens is 4. The van der Waals surface area contributed by atoms with Crippen molar-refractivity contribution in [2.75, 3.05) is 11.1 Å². The Bertz CT molecular complexity index is 751. The fourth-order valence-corrected chi connectivity index (χ4v) is 3.96. The summed E-state index contributed by atoms with van der Waals surface area (Å²) < 4.78 is 2.38. The number of nitrogens with zero attached hydrogens (tertiary/aromatic N) is 4. The zero-order chi connectivity index (χ0) is 17.9. The number of hydrogen-bond acceptors (Lipinski definition) is 7. The van der Waals surface area contributed by atoms with E-state index in [2.05, 4.69) is 34.5 Å². The Morgan fingerprint density at radius 1 is 1.29 bits per heavy atom. The maximum atomic E-state index is 12.2. The molecule has 2 rings (SSSR count). The van der Waals surface area contributed by atoms with Crippen LogP contribution in [0.25, 0.3) is 0 Å². The van der Waals surface area contributed by atoms with Gasteiger partial charge in [0.1, 0.15) is 6.54 Å². The molecule has 2 aromatic rings. The van der Waals surface area contributed by atoms with Crippen molar-refractivity contribution in [2.24, 2.45) is 5.92 Å². The van der Waals surface area contributed by atoms with Crippen molar-refractivity contribution in [2.45, 2.75) is 45.5 Å². The summed E-state index contributed by atoms with van der Waals surface area (Å²) in [6, 6.07) is 0. The number of Topliss-reactive ketones (excluding diaryl/α,β-unsaturated/α-hetero) is 1. The molecule has 1 amide bonds. The Hall–Kier alpha value is -1.74. The van der Waals surface area contributed by atoms with Crippen LogP contribution in [-0.4, -0.2) is 37.4 Å². The second kappa shape index (κ2) is 7.89. The molecule has 2 aromatic heterocycles. The van der Waals surface area contributed by atoms with Gasteiger partial charge in [-0.05, 0) is 26.7 Å². The van der Waals surface area contributed by atoms with E-state index < -0.39 is 0 Å². The Morgan fingerprint density at radius 2 is 2.00 bits per heavy atom. The zero-order valence-corrected chi connectivity index (χ0v) is 16.0. The number of carbonyl (C=O) groups excluding carboxylic acids is 2. The third-order valence-electron chi connectivity index (χ3n) is 3.22. The summed E-state index contributed by atoms with van der Waals surface area (Å²) in [6.45, 7) is 9.37. The number of aryl methyl sites for hydroxylation is 1. The van der Waals surface area contributed by atoms with Crippen molar-refractivity contribution in [3.63, 3.8) is 0 Å². The van der Waals surface area contributed by atoms with Crippen LogP contribution in [0, 0.1) is 19.8 Å². The lowest BCUT2D eigenvalue weighted by Crippen LogP contribution is -2.20. The van der Waals surface area contributed by atoms with Crippen LogP contribution in [0.2, 0.25) is 0 Å². The van der Waals surface area contributed by atoms with Gasteiger partial charge in [0.2, 0.25) is 11.0 Å². The molecule has 0 saturated heterocycles. The molecule has 0 radical (unpaired) electrons. The maximum Gasteiger partial charge on any atom is 0.247 e. The molecule has 0 saturated carbocycles. The normalized spacial score (nSPS) is 11.1. The van der Waals surface area contributed by atoms with E-state index in [4.69, 9.17) is 0 Å². The van der Waals surface area contributed by atoms with Crippen molar-refractivity contribution in [3.05, 3.63) is 17.0 Å². The van der Waals surface area contributed by atoms with Crippen molar-refractivity contribution in [1.82, 2.24) is 20.0 Å². The van der Waals surface area contributed by atoms with E-state index in [1.807, 2.05) is 0 Å². The molecule has 0 unspecified atom stereocenters. The van der Waals surface area contributed by atoms with Crippen LogP contribution < -0.4 is 5.32 Å². The van der Waals surface area contributed by atoms with Gasteiger partial charge in [-0.25, -0.2) is 0 Å². The first-order chi connectivity index (χ1) is 11.3. The predicted molar refractivity (Wildman–Crippen MR) is 95.8 cm³/mol. The molecule has 0 bridgehead atoms. The minimum atomic E-state index is -0.243. The monoisotopic (exact) mass is 367 g/mol. The van der Waals surface area contributed by atoms with Crippen LogP contribution in [-0.2, 0) is 11.3 Å². The Kier molecular flexibility index (Phi) is 6.11. The van der Waals surface area contributed by atoms with Gasteiger partial charge in [0.25, 0.3) is 0 Å². The van der Waals surface area contributed by atoms with Gasteiger partial charge in [0, 0.05) is 11.4 Å². The first-order valence-corrected chi connectivity index (χ1v) is 9.39. The average molecular weight is 368 g/mol. The van der Waals surface area contributed by atoms with Gasteiger partial charge in [-0.2, -0.15) is 5.10 Å². The lowest BCUT2D eigenvalue weighted by Gasteiger charge is -2.04. The van der Waals surface area contributed by atoms with E-state index in [0.717, 1.165) is 10.1 Å². The number of ketones is 1. The van der Waals surface area contributed by atoms with Gasteiger partial charge < -0.3 is 0 Å². The molecule has 0 aliphatic rings. The highest BCUT2D eigenvalue weighted by atomic mass is 32.2. The minimum Gasteiger partial charge on any atom is -0.299 e. The van der Waals surface area contributed by atoms with Gasteiger partial charge in [0.15, 0.2) is 10.1 Å².